The molecular formula is C16H20ClNO2. The lowest BCUT2D eigenvalue weighted by atomic mass is 9.95. The summed E-state index contributed by atoms with van der Waals surface area (Å²) in [7, 11) is 0. The molecule has 1 aliphatic heterocycles. The van der Waals surface area contributed by atoms with Crippen LogP contribution >= 0.6 is 11.6 Å². The molecule has 0 aromatic heterocycles. The zero-order valence-electron chi connectivity index (χ0n) is 11.5. The Balaban J connectivity index is 1.94. The van der Waals surface area contributed by atoms with Crippen molar-refractivity contribution in [2.75, 3.05) is 19.7 Å². The summed E-state index contributed by atoms with van der Waals surface area (Å²) < 4.78 is 0. The van der Waals surface area contributed by atoms with Crippen molar-refractivity contribution >= 4 is 23.6 Å². The number of nitrogens with zero attached hydrogens (tertiary/aromatic N) is 1. The minimum atomic E-state index is 0.0348. The fourth-order valence-electron chi connectivity index (χ4n) is 2.57. The zero-order valence-corrected chi connectivity index (χ0v) is 12.2. The van der Waals surface area contributed by atoms with Crippen LogP contribution in [-0.4, -0.2) is 35.6 Å². The number of amides is 1. The topological polar surface area (TPSA) is 40.5 Å². The molecule has 108 valence electrons. The van der Waals surface area contributed by atoms with Crippen molar-refractivity contribution in [1.82, 2.24) is 4.90 Å². The maximum Gasteiger partial charge on any atom is 0.246 e. The van der Waals surface area contributed by atoms with E-state index in [2.05, 4.69) is 0 Å². The van der Waals surface area contributed by atoms with Gasteiger partial charge in [-0.05, 0) is 49.0 Å². The van der Waals surface area contributed by atoms with Gasteiger partial charge < -0.3 is 10.0 Å². The van der Waals surface area contributed by atoms with E-state index in [9.17, 15) is 4.79 Å². The first-order chi connectivity index (χ1) is 9.69. The second kappa shape index (κ2) is 7.46. The summed E-state index contributed by atoms with van der Waals surface area (Å²) in [6.07, 6.45) is 6.29. The Morgan fingerprint density at radius 1 is 1.50 bits per heavy atom. The van der Waals surface area contributed by atoms with Crippen molar-refractivity contribution in [3.05, 3.63) is 40.9 Å². The quantitative estimate of drug-likeness (QED) is 0.867. The number of hydrogen-bond acceptors (Lipinski definition) is 2. The van der Waals surface area contributed by atoms with Crippen LogP contribution in [-0.2, 0) is 4.79 Å². The molecule has 0 saturated carbocycles. The predicted molar refractivity (Wildman–Crippen MR) is 81.5 cm³/mol. The molecule has 3 nitrogen and oxygen atoms in total. The highest BCUT2D eigenvalue weighted by atomic mass is 35.5. The molecule has 0 aliphatic carbocycles. The van der Waals surface area contributed by atoms with Crippen LogP contribution in [0.5, 0.6) is 0 Å². The van der Waals surface area contributed by atoms with E-state index in [1.807, 2.05) is 29.2 Å². The van der Waals surface area contributed by atoms with Gasteiger partial charge in [0, 0.05) is 30.8 Å². The Morgan fingerprint density at radius 3 is 3.10 bits per heavy atom. The molecule has 1 amide bonds. The molecule has 2 rings (SSSR count). The molecule has 1 atom stereocenters. The first-order valence-electron chi connectivity index (χ1n) is 7.02. The van der Waals surface area contributed by atoms with Crippen molar-refractivity contribution in [2.24, 2.45) is 5.92 Å². The van der Waals surface area contributed by atoms with Gasteiger partial charge in [-0.2, -0.15) is 0 Å². The molecule has 1 heterocycles. The Kier molecular flexibility index (Phi) is 5.62. The van der Waals surface area contributed by atoms with Crippen molar-refractivity contribution < 1.29 is 9.90 Å². The molecule has 0 radical (unpaired) electrons. The standard InChI is InChI=1S/C16H20ClNO2/c17-15-5-1-3-13(11-15)6-7-16(20)18-9-2-4-14(12-18)8-10-19/h1,3,5-7,11,14,19H,2,4,8-10,12H2. The number of carbonyl (C=O) groups excluding carboxylic acids is 1. The Bertz CT molecular complexity index is 485. The minimum absolute atomic E-state index is 0.0348. The number of likely N-dealkylation sites (tertiary alicyclic amines) is 1. The van der Waals surface area contributed by atoms with Crippen LogP contribution in [0, 0.1) is 5.92 Å². The molecule has 1 N–H and O–H groups in total. The average molecular weight is 294 g/mol. The Labute approximate surface area is 124 Å². The van der Waals surface area contributed by atoms with Crippen molar-refractivity contribution in [3.8, 4) is 0 Å². The maximum atomic E-state index is 12.1. The highest BCUT2D eigenvalue weighted by Crippen LogP contribution is 2.19. The molecule has 1 unspecified atom stereocenters. The van der Waals surface area contributed by atoms with E-state index in [0.717, 1.165) is 37.9 Å². The first-order valence-corrected chi connectivity index (χ1v) is 7.40. The Morgan fingerprint density at radius 2 is 2.35 bits per heavy atom. The molecule has 1 aliphatic rings. The first kappa shape index (κ1) is 15.1. The minimum Gasteiger partial charge on any atom is -0.396 e. The number of aliphatic hydroxyl groups is 1. The molecular weight excluding hydrogens is 274 g/mol. The number of aliphatic hydroxyl groups excluding tert-OH is 1. The van der Waals surface area contributed by atoms with Gasteiger partial charge in [-0.15, -0.1) is 0 Å². The summed E-state index contributed by atoms with van der Waals surface area (Å²) >= 11 is 5.91. The van der Waals surface area contributed by atoms with E-state index in [-0.39, 0.29) is 12.5 Å². The van der Waals surface area contributed by atoms with Crippen LogP contribution in [0.2, 0.25) is 5.02 Å². The van der Waals surface area contributed by atoms with E-state index in [0.29, 0.717) is 10.9 Å². The third-order valence-corrected chi connectivity index (χ3v) is 3.87. The van der Waals surface area contributed by atoms with Gasteiger partial charge in [0.25, 0.3) is 0 Å². The normalized spacial score (nSPS) is 19.5. The average Bonchev–Trinajstić information content (AvgIpc) is 2.45. The molecule has 1 fully saturated rings. The van der Waals surface area contributed by atoms with Gasteiger partial charge in [0.15, 0.2) is 0 Å². The van der Waals surface area contributed by atoms with Gasteiger partial charge >= 0.3 is 0 Å². The van der Waals surface area contributed by atoms with Crippen LogP contribution in [0.1, 0.15) is 24.8 Å². The molecule has 4 heteroatoms. The van der Waals surface area contributed by atoms with E-state index in [1.165, 1.54) is 0 Å². The van der Waals surface area contributed by atoms with E-state index < -0.39 is 0 Å². The Hall–Kier alpha value is -1.32. The molecule has 20 heavy (non-hydrogen) atoms. The molecule has 0 bridgehead atoms. The van der Waals surface area contributed by atoms with Gasteiger partial charge in [-0.3, -0.25) is 4.79 Å². The van der Waals surface area contributed by atoms with Crippen molar-refractivity contribution in [1.29, 1.82) is 0 Å². The third kappa shape index (κ3) is 4.36. The summed E-state index contributed by atoms with van der Waals surface area (Å²) in [4.78, 5) is 14.0. The van der Waals surface area contributed by atoms with Gasteiger partial charge in [0.2, 0.25) is 5.91 Å². The van der Waals surface area contributed by atoms with Crippen LogP contribution in [0.15, 0.2) is 30.3 Å². The molecule has 1 aromatic carbocycles. The molecule has 0 spiro atoms. The summed E-state index contributed by atoms with van der Waals surface area (Å²) in [6.45, 7) is 1.75. The predicted octanol–water partition coefficient (Wildman–Crippen LogP) is 2.97. The second-order valence-electron chi connectivity index (χ2n) is 5.19. The third-order valence-electron chi connectivity index (χ3n) is 3.64. The van der Waals surface area contributed by atoms with Gasteiger partial charge in [-0.1, -0.05) is 23.7 Å². The van der Waals surface area contributed by atoms with Crippen LogP contribution in [0.3, 0.4) is 0 Å². The molecule has 1 saturated heterocycles. The summed E-state index contributed by atoms with van der Waals surface area (Å²) in [5.41, 5.74) is 0.926. The number of piperidine rings is 1. The lowest BCUT2D eigenvalue weighted by molar-refractivity contribution is -0.127. The SMILES string of the molecule is O=C(C=Cc1cccc(Cl)c1)N1CCCC(CCO)C1. The number of carbonyl (C=O) groups is 1. The fraction of sp³-hybridized carbons (Fsp3) is 0.438. The smallest absolute Gasteiger partial charge is 0.246 e. The van der Waals surface area contributed by atoms with E-state index in [4.69, 9.17) is 16.7 Å². The molecule has 1 aromatic rings. The highest BCUT2D eigenvalue weighted by Gasteiger charge is 2.21. The van der Waals surface area contributed by atoms with Gasteiger partial charge in [-0.25, -0.2) is 0 Å². The highest BCUT2D eigenvalue weighted by molar-refractivity contribution is 6.30. The summed E-state index contributed by atoms with van der Waals surface area (Å²) in [6, 6.07) is 7.42. The van der Waals surface area contributed by atoms with E-state index in [1.54, 1.807) is 12.2 Å². The van der Waals surface area contributed by atoms with E-state index >= 15 is 0 Å². The number of benzene rings is 1. The number of hydrogen-bond donors (Lipinski definition) is 1. The largest absolute Gasteiger partial charge is 0.396 e. The second-order valence-corrected chi connectivity index (χ2v) is 5.63. The van der Waals surface area contributed by atoms with Crippen LogP contribution in [0.25, 0.3) is 6.08 Å². The van der Waals surface area contributed by atoms with Crippen LogP contribution in [0.4, 0.5) is 0 Å². The number of halogens is 1. The number of rotatable bonds is 4. The monoisotopic (exact) mass is 293 g/mol. The maximum absolute atomic E-state index is 12.1. The zero-order chi connectivity index (χ0) is 14.4. The summed E-state index contributed by atoms with van der Waals surface area (Å²) in [5.74, 6) is 0.463. The lowest BCUT2D eigenvalue weighted by Crippen LogP contribution is -2.39. The van der Waals surface area contributed by atoms with Crippen LogP contribution < -0.4 is 0 Å². The van der Waals surface area contributed by atoms with Crippen molar-refractivity contribution in [3.63, 3.8) is 0 Å². The van der Waals surface area contributed by atoms with Gasteiger partial charge in [0.05, 0.1) is 0 Å². The van der Waals surface area contributed by atoms with Gasteiger partial charge in [0.1, 0.15) is 0 Å². The van der Waals surface area contributed by atoms with Crippen molar-refractivity contribution in [2.45, 2.75) is 19.3 Å². The lowest BCUT2D eigenvalue weighted by Gasteiger charge is -2.31. The fourth-order valence-corrected chi connectivity index (χ4v) is 2.77. The summed E-state index contributed by atoms with van der Waals surface area (Å²) in [5, 5.41) is 9.66.